The molecule has 1 N–H and O–H groups in total. The number of nitrogens with zero attached hydrogens (tertiary/aromatic N) is 2. The van der Waals surface area contributed by atoms with Crippen LogP contribution in [0, 0.1) is 5.92 Å². The van der Waals surface area contributed by atoms with Crippen LogP contribution in [0.25, 0.3) is 0 Å². The lowest BCUT2D eigenvalue weighted by molar-refractivity contribution is 0.323. The van der Waals surface area contributed by atoms with E-state index >= 15 is 0 Å². The second kappa shape index (κ2) is 6.51. The maximum Gasteiger partial charge on any atom is 0.226 e. The number of piperidine rings is 1. The van der Waals surface area contributed by atoms with Crippen LogP contribution in [0.15, 0.2) is 4.52 Å². The van der Waals surface area contributed by atoms with Gasteiger partial charge in [0.05, 0.1) is 0 Å². The van der Waals surface area contributed by atoms with E-state index in [1.54, 1.807) is 0 Å². The molecule has 1 aromatic heterocycles. The van der Waals surface area contributed by atoms with Gasteiger partial charge >= 0.3 is 0 Å². The highest BCUT2D eigenvalue weighted by atomic mass is 16.5. The van der Waals surface area contributed by atoms with Crippen LogP contribution in [-0.4, -0.2) is 23.2 Å². The van der Waals surface area contributed by atoms with Crippen molar-refractivity contribution in [2.75, 3.05) is 13.1 Å². The van der Waals surface area contributed by atoms with Gasteiger partial charge in [0.2, 0.25) is 5.89 Å². The fourth-order valence-corrected chi connectivity index (χ4v) is 3.39. The largest absolute Gasteiger partial charge is 0.339 e. The van der Waals surface area contributed by atoms with E-state index in [0.717, 1.165) is 30.6 Å². The third-order valence-corrected chi connectivity index (χ3v) is 4.62. The second-order valence-electron chi connectivity index (χ2n) is 6.13. The van der Waals surface area contributed by atoms with Gasteiger partial charge in [0.1, 0.15) is 0 Å². The first kappa shape index (κ1) is 13.1. The van der Waals surface area contributed by atoms with Crippen molar-refractivity contribution in [3.05, 3.63) is 11.7 Å². The van der Waals surface area contributed by atoms with Crippen LogP contribution in [0.3, 0.4) is 0 Å². The lowest BCUT2D eigenvalue weighted by Crippen LogP contribution is -2.29. The third-order valence-electron chi connectivity index (χ3n) is 4.62. The summed E-state index contributed by atoms with van der Waals surface area (Å²) in [6.45, 7) is 2.34. The van der Waals surface area contributed by atoms with Crippen molar-refractivity contribution >= 4 is 0 Å². The average molecular weight is 263 g/mol. The van der Waals surface area contributed by atoms with E-state index in [4.69, 9.17) is 4.52 Å². The zero-order valence-electron chi connectivity index (χ0n) is 11.7. The zero-order valence-corrected chi connectivity index (χ0v) is 11.7. The lowest BCUT2D eigenvalue weighted by atomic mass is 9.89. The minimum atomic E-state index is 0.558. The highest BCUT2D eigenvalue weighted by molar-refractivity contribution is 4.97. The molecule has 2 aliphatic rings. The summed E-state index contributed by atoms with van der Waals surface area (Å²) in [5, 5.41) is 7.66. The van der Waals surface area contributed by atoms with Crippen LogP contribution >= 0.6 is 0 Å². The van der Waals surface area contributed by atoms with E-state index in [1.807, 2.05) is 0 Å². The van der Waals surface area contributed by atoms with Crippen molar-refractivity contribution in [3.63, 3.8) is 0 Å². The van der Waals surface area contributed by atoms with Crippen molar-refractivity contribution in [2.45, 2.75) is 63.7 Å². The van der Waals surface area contributed by atoms with E-state index in [1.165, 1.54) is 57.9 Å². The van der Waals surface area contributed by atoms with Crippen LogP contribution in [0.1, 0.15) is 69.0 Å². The first-order chi connectivity index (χ1) is 9.42. The monoisotopic (exact) mass is 263 g/mol. The van der Waals surface area contributed by atoms with Gasteiger partial charge in [0.25, 0.3) is 0 Å². The summed E-state index contributed by atoms with van der Waals surface area (Å²) in [6.07, 6.45) is 11.3. The van der Waals surface area contributed by atoms with Gasteiger partial charge < -0.3 is 9.84 Å². The van der Waals surface area contributed by atoms with Crippen LogP contribution in [0.5, 0.6) is 0 Å². The first-order valence-electron chi connectivity index (χ1n) is 7.95. The summed E-state index contributed by atoms with van der Waals surface area (Å²) in [6, 6.07) is 0. The summed E-state index contributed by atoms with van der Waals surface area (Å²) >= 11 is 0. The van der Waals surface area contributed by atoms with Gasteiger partial charge in [-0.1, -0.05) is 24.4 Å². The van der Waals surface area contributed by atoms with Crippen molar-refractivity contribution in [3.8, 4) is 0 Å². The van der Waals surface area contributed by atoms with Crippen molar-refractivity contribution in [2.24, 2.45) is 5.92 Å². The number of aromatic nitrogens is 2. The number of hydrogen-bond acceptors (Lipinski definition) is 4. The lowest BCUT2D eigenvalue weighted by Gasteiger charge is -2.21. The van der Waals surface area contributed by atoms with Gasteiger partial charge in [-0.25, -0.2) is 0 Å². The van der Waals surface area contributed by atoms with Crippen LogP contribution in [0.4, 0.5) is 0 Å². The van der Waals surface area contributed by atoms with Crippen molar-refractivity contribution < 1.29 is 4.52 Å². The highest BCUT2D eigenvalue weighted by Crippen LogP contribution is 2.31. The normalized spacial score (nSPS) is 25.6. The Kier molecular flexibility index (Phi) is 4.49. The third kappa shape index (κ3) is 3.56. The molecule has 1 atom stereocenters. The Bertz CT molecular complexity index is 378. The van der Waals surface area contributed by atoms with Gasteiger partial charge in [0, 0.05) is 12.3 Å². The summed E-state index contributed by atoms with van der Waals surface area (Å²) in [5.41, 5.74) is 0. The molecule has 106 valence electrons. The summed E-state index contributed by atoms with van der Waals surface area (Å²) < 4.78 is 5.43. The van der Waals surface area contributed by atoms with E-state index in [-0.39, 0.29) is 0 Å². The molecule has 0 spiro atoms. The molecular weight excluding hydrogens is 238 g/mol. The summed E-state index contributed by atoms with van der Waals surface area (Å²) in [4.78, 5) is 4.62. The summed E-state index contributed by atoms with van der Waals surface area (Å²) in [5.74, 6) is 3.17. The maximum atomic E-state index is 5.43. The Morgan fingerprint density at radius 3 is 2.79 bits per heavy atom. The molecule has 1 aromatic rings. The van der Waals surface area contributed by atoms with Gasteiger partial charge in [-0.3, -0.25) is 0 Å². The molecule has 0 bridgehead atoms. The Hall–Kier alpha value is -0.900. The Labute approximate surface area is 115 Å². The van der Waals surface area contributed by atoms with E-state index in [0.29, 0.717) is 5.92 Å². The topological polar surface area (TPSA) is 51.0 Å². The molecule has 2 heterocycles. The second-order valence-corrected chi connectivity index (χ2v) is 6.13. The minimum absolute atomic E-state index is 0.558. The number of rotatable bonds is 4. The number of aryl methyl sites for hydroxylation is 1. The zero-order chi connectivity index (χ0) is 12.9. The number of hydrogen-bond donors (Lipinski definition) is 1. The van der Waals surface area contributed by atoms with Crippen LogP contribution < -0.4 is 5.32 Å². The first-order valence-corrected chi connectivity index (χ1v) is 7.95. The number of nitrogens with one attached hydrogen (secondary N) is 1. The quantitative estimate of drug-likeness (QED) is 0.907. The van der Waals surface area contributed by atoms with Gasteiger partial charge in [-0.2, -0.15) is 4.98 Å². The summed E-state index contributed by atoms with van der Waals surface area (Å²) in [7, 11) is 0. The highest BCUT2D eigenvalue weighted by Gasteiger charge is 2.21. The van der Waals surface area contributed by atoms with Crippen molar-refractivity contribution in [1.82, 2.24) is 15.5 Å². The molecule has 19 heavy (non-hydrogen) atoms. The molecule has 4 heteroatoms. The van der Waals surface area contributed by atoms with Crippen LogP contribution in [0.2, 0.25) is 0 Å². The molecule has 0 amide bonds. The predicted molar refractivity (Wildman–Crippen MR) is 74.0 cm³/mol. The molecule has 3 rings (SSSR count). The molecule has 1 saturated heterocycles. The molecule has 1 aliphatic carbocycles. The molecule has 1 unspecified atom stereocenters. The SMILES string of the molecule is C1CCC(c2noc(CCC3CCCNC3)n2)CC1. The molecule has 2 fully saturated rings. The molecule has 4 nitrogen and oxygen atoms in total. The molecule has 1 saturated carbocycles. The molecular formula is C15H25N3O. The van der Waals surface area contributed by atoms with Crippen molar-refractivity contribution in [1.29, 1.82) is 0 Å². The average Bonchev–Trinajstić information content (AvgIpc) is 2.96. The van der Waals surface area contributed by atoms with Gasteiger partial charge in [0.15, 0.2) is 5.82 Å². The molecule has 1 aliphatic heterocycles. The molecule has 0 aromatic carbocycles. The maximum absolute atomic E-state index is 5.43. The molecule has 0 radical (unpaired) electrons. The van der Waals surface area contributed by atoms with Crippen LogP contribution in [-0.2, 0) is 6.42 Å². The fraction of sp³-hybridized carbons (Fsp3) is 0.867. The minimum Gasteiger partial charge on any atom is -0.339 e. The Morgan fingerprint density at radius 2 is 2.00 bits per heavy atom. The van der Waals surface area contributed by atoms with E-state index in [2.05, 4.69) is 15.5 Å². The smallest absolute Gasteiger partial charge is 0.226 e. The fourth-order valence-electron chi connectivity index (χ4n) is 3.39. The predicted octanol–water partition coefficient (Wildman–Crippen LogP) is 3.05. The Morgan fingerprint density at radius 1 is 1.11 bits per heavy atom. The van der Waals surface area contributed by atoms with Gasteiger partial charge in [-0.15, -0.1) is 0 Å². The van der Waals surface area contributed by atoms with E-state index < -0.39 is 0 Å². The van der Waals surface area contributed by atoms with Gasteiger partial charge in [-0.05, 0) is 51.1 Å². The standard InChI is InChI=1S/C15H25N3O/c1-2-6-13(7-3-1)15-17-14(19-18-15)9-8-12-5-4-10-16-11-12/h12-13,16H,1-11H2. The Balaban J connectivity index is 1.49. The van der Waals surface area contributed by atoms with E-state index in [9.17, 15) is 0 Å².